The second kappa shape index (κ2) is 8.21. The number of amides is 1. The lowest BCUT2D eigenvalue weighted by atomic mass is 9.96. The molecule has 0 aromatic heterocycles. The van der Waals surface area contributed by atoms with Gasteiger partial charge in [-0.2, -0.15) is 0 Å². The number of nitro benzene ring substituents is 1. The minimum atomic E-state index is -0.480. The molecule has 0 aliphatic heterocycles. The molecule has 24 heavy (non-hydrogen) atoms. The zero-order chi connectivity index (χ0) is 17.5. The van der Waals surface area contributed by atoms with E-state index in [1.807, 2.05) is 23.5 Å². The summed E-state index contributed by atoms with van der Waals surface area (Å²) < 4.78 is 0. The molecule has 0 saturated heterocycles. The van der Waals surface area contributed by atoms with E-state index in [-0.39, 0.29) is 24.2 Å². The Balaban J connectivity index is 1.96. The second-order valence-corrected chi connectivity index (χ2v) is 5.98. The maximum atomic E-state index is 12.1. The van der Waals surface area contributed by atoms with E-state index in [2.05, 4.69) is 31.3 Å². The van der Waals surface area contributed by atoms with Crippen molar-refractivity contribution in [2.45, 2.75) is 19.9 Å². The minimum Gasteiger partial charge on any atom is -0.332 e. The Labute approximate surface area is 141 Å². The number of anilines is 1. The fourth-order valence-corrected chi connectivity index (χ4v) is 2.61. The van der Waals surface area contributed by atoms with E-state index in [1.165, 1.54) is 17.7 Å². The highest BCUT2D eigenvalue weighted by atomic mass is 16.6. The lowest BCUT2D eigenvalue weighted by Gasteiger charge is -2.19. The van der Waals surface area contributed by atoms with Crippen molar-refractivity contribution < 1.29 is 15.0 Å². The highest BCUT2D eigenvalue weighted by molar-refractivity contribution is 5.91. The quantitative estimate of drug-likeness (QED) is 0.604. The topological polar surface area (TPSA) is 88.8 Å². The fraction of sp³-hybridized carbons (Fsp3) is 0.278. The third kappa shape index (κ3) is 4.89. The molecule has 126 valence electrons. The first-order valence-electron chi connectivity index (χ1n) is 7.90. The molecular formula is C18H22N3O3+. The number of nitrogens with zero attached hydrogens (tertiary/aromatic N) is 1. The number of hydrogen-bond acceptors (Lipinski definition) is 3. The first kappa shape index (κ1) is 17.6. The van der Waals surface area contributed by atoms with Crippen LogP contribution in [0.2, 0.25) is 0 Å². The molecule has 6 heteroatoms. The van der Waals surface area contributed by atoms with E-state index in [4.69, 9.17) is 0 Å². The molecule has 0 spiro atoms. The molecule has 2 rings (SSSR count). The number of carbonyl (C=O) groups is 1. The average Bonchev–Trinajstić information content (AvgIpc) is 2.56. The summed E-state index contributed by atoms with van der Waals surface area (Å²) in [4.78, 5) is 22.4. The molecule has 0 heterocycles. The van der Waals surface area contributed by atoms with E-state index in [1.54, 1.807) is 12.1 Å². The van der Waals surface area contributed by atoms with Crippen molar-refractivity contribution in [1.29, 1.82) is 0 Å². The number of carbonyl (C=O) groups excluding carboxylic acids is 1. The first-order chi connectivity index (χ1) is 11.5. The van der Waals surface area contributed by atoms with Gasteiger partial charge >= 0.3 is 0 Å². The monoisotopic (exact) mass is 328 g/mol. The van der Waals surface area contributed by atoms with Crippen LogP contribution >= 0.6 is 0 Å². The van der Waals surface area contributed by atoms with Gasteiger partial charge in [0, 0.05) is 29.3 Å². The number of quaternary nitrogens is 1. The van der Waals surface area contributed by atoms with Crippen molar-refractivity contribution in [3.63, 3.8) is 0 Å². The summed E-state index contributed by atoms with van der Waals surface area (Å²) in [5.74, 6) is 0.190. The van der Waals surface area contributed by atoms with Gasteiger partial charge in [0.05, 0.1) is 4.92 Å². The van der Waals surface area contributed by atoms with Crippen LogP contribution in [0.4, 0.5) is 11.4 Å². The van der Waals surface area contributed by atoms with Gasteiger partial charge in [0.1, 0.15) is 6.04 Å². The van der Waals surface area contributed by atoms with Gasteiger partial charge in [-0.15, -0.1) is 0 Å². The number of nitro groups is 1. The molecule has 0 unspecified atom stereocenters. The Bertz CT molecular complexity index is 702. The Kier molecular flexibility index (Phi) is 6.03. The maximum absolute atomic E-state index is 12.1. The van der Waals surface area contributed by atoms with Crippen LogP contribution in [-0.4, -0.2) is 17.4 Å². The Hall–Kier alpha value is -2.73. The predicted molar refractivity (Wildman–Crippen MR) is 92.5 cm³/mol. The molecule has 0 fully saturated rings. The largest absolute Gasteiger partial charge is 0.332 e. The summed E-state index contributed by atoms with van der Waals surface area (Å²) >= 11 is 0. The molecule has 1 atom stereocenters. The molecule has 0 radical (unpaired) electrons. The zero-order valence-electron chi connectivity index (χ0n) is 13.8. The van der Waals surface area contributed by atoms with Crippen LogP contribution in [0.3, 0.4) is 0 Å². The Morgan fingerprint density at radius 3 is 2.50 bits per heavy atom. The van der Waals surface area contributed by atoms with Gasteiger partial charge in [-0.05, 0) is 6.07 Å². The van der Waals surface area contributed by atoms with Crippen LogP contribution in [0.1, 0.15) is 25.5 Å². The molecule has 0 bridgehead atoms. The SMILES string of the molecule is CC(C)[C@H]([NH2+]CC(=O)Nc1cccc([N+](=O)[O-])c1)c1ccccc1. The Morgan fingerprint density at radius 1 is 1.17 bits per heavy atom. The summed E-state index contributed by atoms with van der Waals surface area (Å²) in [6, 6.07) is 16.2. The van der Waals surface area contributed by atoms with E-state index < -0.39 is 4.92 Å². The number of nitrogens with two attached hydrogens (primary N) is 1. The van der Waals surface area contributed by atoms with Crippen LogP contribution in [-0.2, 0) is 4.79 Å². The Morgan fingerprint density at radius 2 is 1.88 bits per heavy atom. The molecule has 2 aromatic carbocycles. The van der Waals surface area contributed by atoms with E-state index >= 15 is 0 Å². The maximum Gasteiger partial charge on any atom is 0.279 e. The minimum absolute atomic E-state index is 0.0406. The number of nitrogens with one attached hydrogen (secondary N) is 1. The molecule has 3 N–H and O–H groups in total. The smallest absolute Gasteiger partial charge is 0.279 e. The van der Waals surface area contributed by atoms with Crippen LogP contribution in [0, 0.1) is 16.0 Å². The normalized spacial score (nSPS) is 12.0. The van der Waals surface area contributed by atoms with Gasteiger partial charge in [-0.1, -0.05) is 50.2 Å². The molecule has 0 saturated carbocycles. The molecule has 6 nitrogen and oxygen atoms in total. The number of hydrogen-bond donors (Lipinski definition) is 2. The number of non-ortho nitro benzene ring substituents is 1. The van der Waals surface area contributed by atoms with Crippen molar-refractivity contribution in [1.82, 2.24) is 0 Å². The molecule has 0 aliphatic rings. The van der Waals surface area contributed by atoms with E-state index in [0.717, 1.165) is 0 Å². The van der Waals surface area contributed by atoms with Crippen LogP contribution in [0.5, 0.6) is 0 Å². The zero-order valence-corrected chi connectivity index (χ0v) is 13.8. The third-order valence-corrected chi connectivity index (χ3v) is 3.80. The fourth-order valence-electron chi connectivity index (χ4n) is 2.61. The molecular weight excluding hydrogens is 306 g/mol. The van der Waals surface area contributed by atoms with Gasteiger partial charge in [-0.25, -0.2) is 0 Å². The summed E-state index contributed by atoms with van der Waals surface area (Å²) in [6.07, 6.45) is 0. The second-order valence-electron chi connectivity index (χ2n) is 5.98. The summed E-state index contributed by atoms with van der Waals surface area (Å²) in [5.41, 5.74) is 1.57. The van der Waals surface area contributed by atoms with Crippen LogP contribution in [0.25, 0.3) is 0 Å². The van der Waals surface area contributed by atoms with Crippen molar-refractivity contribution in [2.75, 3.05) is 11.9 Å². The average molecular weight is 328 g/mol. The summed E-state index contributed by atoms with van der Waals surface area (Å²) in [6.45, 7) is 4.49. The van der Waals surface area contributed by atoms with Gasteiger partial charge < -0.3 is 10.6 Å². The standard InChI is InChI=1S/C18H21N3O3/c1-13(2)18(14-7-4-3-5-8-14)19-12-17(22)20-15-9-6-10-16(11-15)21(23)24/h3-11,13,18-19H,12H2,1-2H3,(H,20,22)/p+1/t18-/m0/s1. The molecule has 1 amide bonds. The van der Waals surface area contributed by atoms with E-state index in [0.29, 0.717) is 11.6 Å². The van der Waals surface area contributed by atoms with Gasteiger partial charge in [-0.3, -0.25) is 14.9 Å². The number of rotatable bonds is 7. The lowest BCUT2D eigenvalue weighted by Crippen LogP contribution is -2.88. The first-order valence-corrected chi connectivity index (χ1v) is 7.90. The lowest BCUT2D eigenvalue weighted by molar-refractivity contribution is -0.692. The van der Waals surface area contributed by atoms with Crippen molar-refractivity contribution >= 4 is 17.3 Å². The van der Waals surface area contributed by atoms with Gasteiger partial charge in [0.25, 0.3) is 11.6 Å². The van der Waals surface area contributed by atoms with Crippen molar-refractivity contribution in [3.05, 3.63) is 70.3 Å². The summed E-state index contributed by atoms with van der Waals surface area (Å²) in [5, 5.41) is 15.5. The van der Waals surface area contributed by atoms with Gasteiger partial charge in [0.2, 0.25) is 0 Å². The predicted octanol–water partition coefficient (Wildman–Crippen LogP) is 2.49. The van der Waals surface area contributed by atoms with Crippen LogP contribution < -0.4 is 10.6 Å². The highest BCUT2D eigenvalue weighted by Gasteiger charge is 2.20. The highest BCUT2D eigenvalue weighted by Crippen LogP contribution is 2.18. The van der Waals surface area contributed by atoms with Crippen molar-refractivity contribution in [3.8, 4) is 0 Å². The van der Waals surface area contributed by atoms with Gasteiger partial charge in [0.15, 0.2) is 6.54 Å². The molecule has 0 aliphatic carbocycles. The van der Waals surface area contributed by atoms with Crippen molar-refractivity contribution in [2.24, 2.45) is 5.92 Å². The number of benzene rings is 2. The van der Waals surface area contributed by atoms with E-state index in [9.17, 15) is 14.9 Å². The third-order valence-electron chi connectivity index (χ3n) is 3.80. The summed E-state index contributed by atoms with van der Waals surface area (Å²) in [7, 11) is 0. The molecule has 2 aromatic rings. The van der Waals surface area contributed by atoms with Crippen LogP contribution in [0.15, 0.2) is 54.6 Å².